The van der Waals surface area contributed by atoms with Gasteiger partial charge < -0.3 is 15.5 Å². The molecule has 0 atom stereocenters. The number of nitrogens with one attached hydrogen (secondary N) is 2. The third-order valence-electron chi connectivity index (χ3n) is 7.20. The highest BCUT2D eigenvalue weighted by atomic mass is 35.5. The first-order valence-corrected chi connectivity index (χ1v) is 11.3. The molecule has 1 aromatic rings. The van der Waals surface area contributed by atoms with Crippen molar-refractivity contribution >= 4 is 29.1 Å². The van der Waals surface area contributed by atoms with Gasteiger partial charge in [0.2, 0.25) is 11.8 Å². The van der Waals surface area contributed by atoms with E-state index in [-0.39, 0.29) is 23.9 Å². The number of likely N-dealkylation sites (N-methyl/N-ethyl adjacent to an activating group) is 1. The number of hydrogen-bond acceptors (Lipinski definition) is 3. The highest BCUT2D eigenvalue weighted by molar-refractivity contribution is 6.31. The molecule has 0 aliphatic heterocycles. The van der Waals surface area contributed by atoms with Crippen molar-refractivity contribution < 1.29 is 9.59 Å². The summed E-state index contributed by atoms with van der Waals surface area (Å²) < 4.78 is 0. The van der Waals surface area contributed by atoms with E-state index in [0.29, 0.717) is 23.8 Å². The van der Waals surface area contributed by atoms with Crippen molar-refractivity contribution in [3.8, 4) is 0 Å². The first kappa shape index (κ1) is 20.7. The number of rotatable bonds is 7. The number of carbonyl (C=O) groups excluding carboxylic acids is 2. The Balaban J connectivity index is 1.31. The molecule has 4 aliphatic carbocycles. The second-order valence-corrected chi connectivity index (χ2v) is 9.90. The minimum Gasteiger partial charge on any atom is -0.333 e. The predicted octanol–water partition coefficient (Wildman–Crippen LogP) is 3.99. The van der Waals surface area contributed by atoms with Gasteiger partial charge in [0, 0.05) is 22.8 Å². The van der Waals surface area contributed by atoms with Crippen molar-refractivity contribution in [2.24, 2.45) is 17.8 Å². The van der Waals surface area contributed by atoms with Gasteiger partial charge in [0.1, 0.15) is 0 Å². The molecule has 0 radical (unpaired) electrons. The van der Waals surface area contributed by atoms with E-state index in [1.54, 1.807) is 17.0 Å². The number of hydrogen-bond donors (Lipinski definition) is 2. The summed E-state index contributed by atoms with van der Waals surface area (Å²) >= 11 is 6.03. The number of aryl methyl sites for hydroxylation is 1. The molecule has 4 bridgehead atoms. The molecule has 5 nitrogen and oxygen atoms in total. The van der Waals surface area contributed by atoms with Crippen LogP contribution in [0.2, 0.25) is 5.02 Å². The molecule has 4 fully saturated rings. The van der Waals surface area contributed by atoms with Crippen LogP contribution >= 0.6 is 11.6 Å². The minimum atomic E-state index is -0.194. The zero-order valence-electron chi connectivity index (χ0n) is 17.5. The number of nitrogens with zero attached hydrogens (tertiary/aromatic N) is 1. The first-order chi connectivity index (χ1) is 13.9. The van der Waals surface area contributed by atoms with Crippen LogP contribution in [0.1, 0.15) is 51.0 Å². The molecule has 6 heteroatoms. The zero-order valence-corrected chi connectivity index (χ0v) is 18.2. The molecular weight excluding hydrogens is 386 g/mol. The van der Waals surface area contributed by atoms with Gasteiger partial charge in [0.25, 0.3) is 0 Å². The summed E-state index contributed by atoms with van der Waals surface area (Å²) in [6.07, 6.45) is 7.81. The average molecular weight is 418 g/mol. The third-order valence-corrected chi connectivity index (χ3v) is 7.43. The predicted molar refractivity (Wildman–Crippen MR) is 116 cm³/mol. The molecule has 4 aliphatic rings. The summed E-state index contributed by atoms with van der Waals surface area (Å²) in [6.45, 7) is 4.74. The summed E-state index contributed by atoms with van der Waals surface area (Å²) in [6, 6.07) is 5.40. The molecular formula is C23H32ClN3O2. The van der Waals surface area contributed by atoms with Gasteiger partial charge in [-0.05, 0) is 87.8 Å². The van der Waals surface area contributed by atoms with E-state index in [1.165, 1.54) is 38.5 Å². The SMILES string of the molecule is CCN(CC(=O)Nc1cc(Cl)ccc1C)C(=O)CNC12CC3CC(CC(C3)C1)C2. The van der Waals surface area contributed by atoms with Crippen LogP contribution in [-0.4, -0.2) is 41.9 Å². The monoisotopic (exact) mass is 417 g/mol. The van der Waals surface area contributed by atoms with E-state index in [2.05, 4.69) is 10.6 Å². The molecule has 0 spiro atoms. The fourth-order valence-electron chi connectivity index (χ4n) is 6.17. The van der Waals surface area contributed by atoms with E-state index in [1.807, 2.05) is 19.9 Å². The largest absolute Gasteiger partial charge is 0.333 e. The molecule has 0 saturated heterocycles. The van der Waals surface area contributed by atoms with Crippen LogP contribution in [0.15, 0.2) is 18.2 Å². The van der Waals surface area contributed by atoms with Crippen molar-refractivity contribution in [2.45, 2.75) is 57.9 Å². The van der Waals surface area contributed by atoms with Gasteiger partial charge in [-0.25, -0.2) is 0 Å². The number of anilines is 1. The maximum absolute atomic E-state index is 12.8. The topological polar surface area (TPSA) is 61.4 Å². The Morgan fingerprint density at radius 1 is 1.14 bits per heavy atom. The quantitative estimate of drug-likeness (QED) is 0.705. The van der Waals surface area contributed by atoms with Crippen LogP contribution in [0.5, 0.6) is 0 Å². The van der Waals surface area contributed by atoms with Gasteiger partial charge >= 0.3 is 0 Å². The molecule has 2 N–H and O–H groups in total. The van der Waals surface area contributed by atoms with E-state index in [4.69, 9.17) is 11.6 Å². The highest BCUT2D eigenvalue weighted by Crippen LogP contribution is 2.55. The lowest BCUT2D eigenvalue weighted by Crippen LogP contribution is -2.60. The molecule has 158 valence electrons. The highest BCUT2D eigenvalue weighted by Gasteiger charge is 2.50. The molecule has 0 heterocycles. The fraction of sp³-hybridized carbons (Fsp3) is 0.652. The van der Waals surface area contributed by atoms with Gasteiger partial charge in [-0.2, -0.15) is 0 Å². The number of halogens is 1. The zero-order chi connectivity index (χ0) is 20.6. The van der Waals surface area contributed by atoms with E-state index in [0.717, 1.165) is 23.3 Å². The number of benzene rings is 1. The van der Waals surface area contributed by atoms with E-state index >= 15 is 0 Å². The standard InChI is InChI=1S/C23H32ClN3O2/c1-3-27(14-21(28)26-20-9-19(24)5-4-15(20)2)22(29)13-25-23-10-16-6-17(11-23)8-18(7-16)12-23/h4-5,9,16-18,25H,3,6-8,10-14H2,1-2H3,(H,26,28). The van der Waals surface area contributed by atoms with Gasteiger partial charge in [-0.1, -0.05) is 17.7 Å². The summed E-state index contributed by atoms with van der Waals surface area (Å²) in [4.78, 5) is 27.0. The summed E-state index contributed by atoms with van der Waals surface area (Å²) in [5.41, 5.74) is 1.79. The van der Waals surface area contributed by atoms with Crippen LogP contribution in [-0.2, 0) is 9.59 Å². The van der Waals surface area contributed by atoms with Crippen LogP contribution in [0, 0.1) is 24.7 Å². The summed E-state index contributed by atoms with van der Waals surface area (Å²) in [7, 11) is 0. The van der Waals surface area contributed by atoms with Crippen LogP contribution in [0.4, 0.5) is 5.69 Å². The maximum Gasteiger partial charge on any atom is 0.244 e. The normalized spacial score (nSPS) is 29.7. The molecule has 5 rings (SSSR count). The average Bonchev–Trinajstić information content (AvgIpc) is 2.66. The van der Waals surface area contributed by atoms with Crippen molar-refractivity contribution in [2.75, 3.05) is 25.0 Å². The van der Waals surface area contributed by atoms with E-state index < -0.39 is 0 Å². The lowest BCUT2D eigenvalue weighted by Gasteiger charge is -2.57. The van der Waals surface area contributed by atoms with Crippen molar-refractivity contribution in [3.63, 3.8) is 0 Å². The lowest BCUT2D eigenvalue weighted by atomic mass is 9.53. The van der Waals surface area contributed by atoms with Gasteiger partial charge in [-0.3, -0.25) is 9.59 Å². The van der Waals surface area contributed by atoms with E-state index in [9.17, 15) is 9.59 Å². The third kappa shape index (κ3) is 4.61. The molecule has 0 aromatic heterocycles. The van der Waals surface area contributed by atoms with Crippen LogP contribution < -0.4 is 10.6 Å². The lowest BCUT2D eigenvalue weighted by molar-refractivity contribution is -0.134. The number of amides is 2. The second kappa shape index (κ2) is 8.27. The fourth-order valence-corrected chi connectivity index (χ4v) is 6.34. The molecule has 29 heavy (non-hydrogen) atoms. The van der Waals surface area contributed by atoms with Gasteiger partial charge in [-0.15, -0.1) is 0 Å². The molecule has 4 saturated carbocycles. The Bertz CT molecular complexity index is 759. The molecule has 1 aromatic carbocycles. The summed E-state index contributed by atoms with van der Waals surface area (Å²) in [5, 5.41) is 7.10. The molecule has 0 unspecified atom stereocenters. The molecule has 2 amide bonds. The number of carbonyl (C=O) groups is 2. The van der Waals surface area contributed by atoms with Crippen LogP contribution in [0.3, 0.4) is 0 Å². The van der Waals surface area contributed by atoms with Crippen molar-refractivity contribution in [1.29, 1.82) is 0 Å². The second-order valence-electron chi connectivity index (χ2n) is 9.47. The minimum absolute atomic E-state index is 0.00112. The Hall–Kier alpha value is -1.59. The van der Waals surface area contributed by atoms with Crippen molar-refractivity contribution in [1.82, 2.24) is 10.2 Å². The van der Waals surface area contributed by atoms with Crippen LogP contribution in [0.25, 0.3) is 0 Å². The Labute approximate surface area is 178 Å². The maximum atomic E-state index is 12.8. The van der Waals surface area contributed by atoms with Crippen molar-refractivity contribution in [3.05, 3.63) is 28.8 Å². The first-order valence-electron chi connectivity index (χ1n) is 10.9. The van der Waals surface area contributed by atoms with Gasteiger partial charge in [0.15, 0.2) is 0 Å². The Morgan fingerprint density at radius 3 is 2.34 bits per heavy atom. The Kier molecular flexibility index (Phi) is 5.90. The smallest absolute Gasteiger partial charge is 0.244 e. The summed E-state index contributed by atoms with van der Waals surface area (Å²) in [5.74, 6) is 2.34. The Morgan fingerprint density at radius 2 is 1.76 bits per heavy atom. The van der Waals surface area contributed by atoms with Gasteiger partial charge in [0.05, 0.1) is 13.1 Å².